The van der Waals surface area contributed by atoms with Crippen molar-refractivity contribution in [1.82, 2.24) is 0 Å². The van der Waals surface area contributed by atoms with Gasteiger partial charge in [-0.1, -0.05) is 0 Å². The van der Waals surface area contributed by atoms with Crippen molar-refractivity contribution >= 4 is 5.97 Å². The molecule has 3 aliphatic rings. The zero-order chi connectivity index (χ0) is 10.4. The third-order valence-corrected chi connectivity index (χ3v) is 3.45. The molecule has 80 valence electrons. The van der Waals surface area contributed by atoms with Gasteiger partial charge in [-0.05, 0) is 26.7 Å². The van der Waals surface area contributed by atoms with Crippen LogP contribution in [0, 0.1) is 5.41 Å². The van der Waals surface area contributed by atoms with Gasteiger partial charge in [0.2, 0.25) is 0 Å². The number of carbonyl (C=O) groups excluding carboxylic acids is 1. The lowest BCUT2D eigenvalue weighted by atomic mass is 9.60. The minimum absolute atomic E-state index is 0.00690. The van der Waals surface area contributed by atoms with Gasteiger partial charge in [0.15, 0.2) is 0 Å². The van der Waals surface area contributed by atoms with E-state index in [2.05, 4.69) is 0 Å². The van der Waals surface area contributed by atoms with Gasteiger partial charge in [0.25, 0.3) is 0 Å². The van der Waals surface area contributed by atoms with E-state index in [0.717, 1.165) is 12.8 Å². The fraction of sp³-hybridized carbons (Fsp3) is 0.900. The molecule has 2 aliphatic heterocycles. The van der Waals surface area contributed by atoms with Crippen LogP contribution in [0.5, 0.6) is 0 Å². The maximum absolute atomic E-state index is 11.6. The Labute approximate surface area is 83.7 Å². The van der Waals surface area contributed by atoms with Crippen LogP contribution in [0.4, 0.5) is 0 Å². The number of rotatable bonds is 3. The second kappa shape index (κ2) is 2.94. The van der Waals surface area contributed by atoms with Crippen molar-refractivity contribution < 1.29 is 14.3 Å². The largest absolute Gasteiger partial charge is 0.465 e. The number of fused-ring (bicyclic) bond motifs is 1. The number of esters is 1. The van der Waals surface area contributed by atoms with Crippen LogP contribution in [-0.4, -0.2) is 30.8 Å². The summed E-state index contributed by atoms with van der Waals surface area (Å²) >= 11 is 0. The fourth-order valence-electron chi connectivity index (χ4n) is 2.52. The average molecular weight is 199 g/mol. The molecule has 1 saturated carbocycles. The maximum Gasteiger partial charge on any atom is 0.314 e. The second-order valence-corrected chi connectivity index (χ2v) is 4.50. The van der Waals surface area contributed by atoms with Gasteiger partial charge in [0, 0.05) is 6.04 Å². The lowest BCUT2D eigenvalue weighted by molar-refractivity contribution is -0.161. The monoisotopic (exact) mass is 199 g/mol. The van der Waals surface area contributed by atoms with Crippen LogP contribution in [0.1, 0.15) is 26.7 Å². The van der Waals surface area contributed by atoms with Crippen LogP contribution >= 0.6 is 0 Å². The summed E-state index contributed by atoms with van der Waals surface area (Å²) in [4.78, 5) is 11.6. The Bertz CT molecular complexity index is 256. The second-order valence-electron chi connectivity index (χ2n) is 4.50. The molecule has 0 aromatic carbocycles. The Morgan fingerprint density at radius 1 is 1.64 bits per heavy atom. The standard InChI is InChI=1S/C10H17NO3/c1-3-13-8(12)9-4-10(5-9,7(2)11)14-6-9/h7H,3-6,11H2,1-2H3. The van der Waals surface area contributed by atoms with Gasteiger partial charge in [-0.3, -0.25) is 4.79 Å². The van der Waals surface area contributed by atoms with Crippen LogP contribution in [0.2, 0.25) is 0 Å². The molecule has 4 heteroatoms. The molecular weight excluding hydrogens is 182 g/mol. The number of ether oxygens (including phenoxy) is 2. The van der Waals surface area contributed by atoms with Gasteiger partial charge in [-0.2, -0.15) is 0 Å². The van der Waals surface area contributed by atoms with E-state index in [9.17, 15) is 4.79 Å². The molecule has 2 bridgehead atoms. The van der Waals surface area contributed by atoms with E-state index in [4.69, 9.17) is 15.2 Å². The fourth-order valence-corrected chi connectivity index (χ4v) is 2.52. The predicted molar refractivity (Wildman–Crippen MR) is 50.6 cm³/mol. The van der Waals surface area contributed by atoms with E-state index >= 15 is 0 Å². The molecule has 1 atom stereocenters. The summed E-state index contributed by atoms with van der Waals surface area (Å²) in [6, 6.07) is -0.00690. The number of carbonyl (C=O) groups is 1. The van der Waals surface area contributed by atoms with E-state index in [1.54, 1.807) is 0 Å². The summed E-state index contributed by atoms with van der Waals surface area (Å²) in [5.74, 6) is -0.117. The van der Waals surface area contributed by atoms with Crippen LogP contribution in [0.3, 0.4) is 0 Å². The van der Waals surface area contributed by atoms with Gasteiger partial charge in [-0.15, -0.1) is 0 Å². The first-order valence-electron chi connectivity index (χ1n) is 5.11. The van der Waals surface area contributed by atoms with Crippen molar-refractivity contribution in [1.29, 1.82) is 0 Å². The Kier molecular flexibility index (Phi) is 2.08. The highest BCUT2D eigenvalue weighted by atomic mass is 16.6. The highest BCUT2D eigenvalue weighted by molar-refractivity contribution is 5.79. The molecule has 0 aromatic rings. The van der Waals surface area contributed by atoms with Gasteiger partial charge in [0.05, 0.1) is 24.2 Å². The molecule has 4 nitrogen and oxygen atoms in total. The van der Waals surface area contributed by atoms with Gasteiger partial charge < -0.3 is 15.2 Å². The first-order chi connectivity index (χ1) is 6.55. The first-order valence-corrected chi connectivity index (χ1v) is 5.11. The van der Waals surface area contributed by atoms with Crippen LogP contribution in [-0.2, 0) is 14.3 Å². The Morgan fingerprint density at radius 2 is 2.29 bits per heavy atom. The summed E-state index contributed by atoms with van der Waals surface area (Å²) < 4.78 is 10.7. The molecule has 3 fully saturated rings. The minimum atomic E-state index is -0.371. The Hall–Kier alpha value is -0.610. The maximum atomic E-state index is 11.6. The number of hydrogen-bond acceptors (Lipinski definition) is 4. The lowest BCUT2D eigenvalue weighted by Crippen LogP contribution is -2.57. The topological polar surface area (TPSA) is 61.5 Å². The molecule has 1 aliphatic carbocycles. The van der Waals surface area contributed by atoms with E-state index in [0.29, 0.717) is 13.2 Å². The van der Waals surface area contributed by atoms with E-state index in [1.165, 1.54) is 0 Å². The summed E-state index contributed by atoms with van der Waals surface area (Å²) in [5.41, 5.74) is 5.21. The highest BCUT2D eigenvalue weighted by Gasteiger charge is 2.68. The molecule has 0 spiro atoms. The lowest BCUT2D eigenvalue weighted by Gasteiger charge is -2.44. The van der Waals surface area contributed by atoms with Crippen molar-refractivity contribution in [2.45, 2.75) is 38.3 Å². The number of hydrogen-bond donors (Lipinski definition) is 1. The zero-order valence-electron chi connectivity index (χ0n) is 8.71. The van der Waals surface area contributed by atoms with E-state index < -0.39 is 0 Å². The van der Waals surface area contributed by atoms with E-state index in [-0.39, 0.29) is 23.0 Å². The van der Waals surface area contributed by atoms with E-state index in [1.807, 2.05) is 13.8 Å². The summed E-state index contributed by atoms with van der Waals surface area (Å²) in [6.07, 6.45) is 1.47. The third kappa shape index (κ3) is 1.10. The molecule has 0 radical (unpaired) electrons. The molecule has 1 unspecified atom stereocenters. The number of nitrogens with two attached hydrogens (primary N) is 1. The van der Waals surface area contributed by atoms with Crippen molar-refractivity contribution in [2.24, 2.45) is 11.1 Å². The normalized spacial score (nSPS) is 41.6. The van der Waals surface area contributed by atoms with Crippen molar-refractivity contribution in [2.75, 3.05) is 13.2 Å². The SMILES string of the molecule is CCOC(=O)C12COC(C(C)N)(C1)C2. The van der Waals surface area contributed by atoms with Crippen LogP contribution in [0.25, 0.3) is 0 Å². The highest BCUT2D eigenvalue weighted by Crippen LogP contribution is 2.59. The summed E-state index contributed by atoms with van der Waals surface area (Å²) in [7, 11) is 0. The van der Waals surface area contributed by atoms with Crippen molar-refractivity contribution in [3.8, 4) is 0 Å². The Morgan fingerprint density at radius 3 is 2.71 bits per heavy atom. The minimum Gasteiger partial charge on any atom is -0.465 e. The molecule has 14 heavy (non-hydrogen) atoms. The molecule has 0 aromatic heterocycles. The third-order valence-electron chi connectivity index (χ3n) is 3.45. The smallest absolute Gasteiger partial charge is 0.314 e. The summed E-state index contributed by atoms with van der Waals surface area (Å²) in [5, 5.41) is 0. The van der Waals surface area contributed by atoms with Gasteiger partial charge in [-0.25, -0.2) is 0 Å². The molecule has 2 saturated heterocycles. The van der Waals surface area contributed by atoms with Crippen molar-refractivity contribution in [3.05, 3.63) is 0 Å². The Balaban J connectivity index is 2.03. The molecular formula is C10H17NO3. The summed E-state index contributed by atoms with van der Waals surface area (Å²) in [6.45, 7) is 4.67. The predicted octanol–water partition coefficient (Wildman–Crippen LogP) is 0.446. The molecule has 0 amide bonds. The molecule has 2 heterocycles. The van der Waals surface area contributed by atoms with Crippen LogP contribution in [0.15, 0.2) is 0 Å². The zero-order valence-corrected chi connectivity index (χ0v) is 8.71. The van der Waals surface area contributed by atoms with Crippen LogP contribution < -0.4 is 5.73 Å². The quantitative estimate of drug-likeness (QED) is 0.670. The average Bonchev–Trinajstić information content (AvgIpc) is 2.58. The molecule has 3 rings (SSSR count). The van der Waals surface area contributed by atoms with Gasteiger partial charge >= 0.3 is 5.97 Å². The van der Waals surface area contributed by atoms with Gasteiger partial charge in [0.1, 0.15) is 0 Å². The van der Waals surface area contributed by atoms with Crippen molar-refractivity contribution in [3.63, 3.8) is 0 Å². The molecule has 2 N–H and O–H groups in total. The first kappa shape index (κ1) is 9.93.